The van der Waals surface area contributed by atoms with E-state index in [-0.39, 0.29) is 49.1 Å². The molecule has 0 fully saturated rings. The van der Waals surface area contributed by atoms with E-state index >= 15 is 0 Å². The van der Waals surface area contributed by atoms with Crippen molar-refractivity contribution in [2.45, 2.75) is 0 Å². The highest BCUT2D eigenvalue weighted by molar-refractivity contribution is 6.38. The first-order valence-corrected chi connectivity index (χ1v) is 18.6. The highest BCUT2D eigenvalue weighted by Gasteiger charge is 2.34. The second kappa shape index (κ2) is 14.6. The van der Waals surface area contributed by atoms with Crippen molar-refractivity contribution in [1.82, 2.24) is 9.97 Å². The maximum atomic E-state index is 11.4. The smallest absolute Gasteiger partial charge is 0.214 e. The Morgan fingerprint density at radius 1 is 0.391 bits per heavy atom. The van der Waals surface area contributed by atoms with Gasteiger partial charge in [-0.15, -0.1) is 0 Å². The van der Waals surface area contributed by atoms with E-state index in [2.05, 4.69) is 31.7 Å². The van der Waals surface area contributed by atoms with Crippen LogP contribution in [0.25, 0.3) is 102 Å². The average Bonchev–Trinajstić information content (AvgIpc) is 3.35. The summed E-state index contributed by atoms with van der Waals surface area (Å²) in [6.45, 7) is 25.2. The summed E-state index contributed by atoms with van der Waals surface area (Å²) >= 11 is 0. The van der Waals surface area contributed by atoms with E-state index in [1.165, 1.54) is 0 Å². The Balaban J connectivity index is 1.57. The molecule has 0 saturated carbocycles. The van der Waals surface area contributed by atoms with Crippen LogP contribution in [0.3, 0.4) is 0 Å². The fourth-order valence-corrected chi connectivity index (χ4v) is 8.79. The second-order valence-corrected chi connectivity index (χ2v) is 14.0. The third-order valence-electron chi connectivity index (χ3n) is 11.3. The predicted octanol–water partition coefficient (Wildman–Crippen LogP) is 11.4. The molecule has 282 valence electrons. The minimum Gasteiger partial charge on any atom is -0.254 e. The number of hydrogen-bond donors (Lipinski definition) is 0. The first-order valence-electron chi connectivity index (χ1n) is 18.6. The highest BCUT2D eigenvalue weighted by Crippen LogP contribution is 2.55. The van der Waals surface area contributed by atoms with Gasteiger partial charge < -0.3 is 0 Å². The van der Waals surface area contributed by atoms with Crippen LogP contribution in [0, 0.1) is 110 Å². The maximum Gasteiger partial charge on any atom is 0.214 e. The quantitative estimate of drug-likeness (QED) is 0.118. The topological polar surface area (TPSA) is 229 Å². The van der Waals surface area contributed by atoms with Crippen LogP contribution >= 0.6 is 0 Å². The van der Waals surface area contributed by atoms with Crippen LogP contribution in [0.2, 0.25) is 0 Å². The molecule has 0 aliphatic rings. The third-order valence-corrected chi connectivity index (χ3v) is 11.3. The summed E-state index contributed by atoms with van der Waals surface area (Å²) in [5, 5.41) is 86.6. The molecule has 0 spiro atoms. The summed E-state index contributed by atoms with van der Waals surface area (Å²) < 4.78 is 0. The molecule has 64 heavy (non-hydrogen) atoms. The lowest BCUT2D eigenvalue weighted by Crippen LogP contribution is -2.03. The molecule has 0 atom stereocenters. The molecule has 9 rings (SSSR count). The molecule has 0 aliphatic heterocycles. The first kappa shape index (κ1) is 38.3. The summed E-state index contributed by atoms with van der Waals surface area (Å²) in [6, 6.07) is 37.4. The number of benzene rings is 7. The SMILES string of the molecule is [C-]#[N+]c1c(-c2ccc(-c3ccc4ccc5cccnc5c4n3)c3ccccc23)c(C#N)c2c(c1C#N)c1c([N+]#[C-])c(C#N)c(C#N)c(C#N)c1c1c(C#N)c(C#N)c(C#N)c([N+]#[C-])c12. The molecule has 2 heterocycles. The molecule has 7 aromatic carbocycles. The number of aromatic nitrogens is 2. The Hall–Kier alpha value is -11.2. The molecule has 0 N–H and O–H groups in total. The molecule has 0 unspecified atom stereocenters. The molecule has 0 aliphatic carbocycles. The monoisotopic (exact) mass is 807 g/mol. The summed E-state index contributed by atoms with van der Waals surface area (Å²) in [5.41, 5.74) is -2.55. The van der Waals surface area contributed by atoms with Gasteiger partial charge in [-0.2, -0.15) is 42.1 Å². The zero-order valence-electron chi connectivity index (χ0n) is 32.3. The normalized spacial score (nSPS) is 10.3. The number of fused-ring (bicyclic) bond motifs is 10. The van der Waals surface area contributed by atoms with Crippen LogP contribution in [-0.2, 0) is 0 Å². The molecule has 2 aromatic heterocycles. The number of pyridine rings is 2. The van der Waals surface area contributed by atoms with Gasteiger partial charge in [-0.1, -0.05) is 60.7 Å². The zero-order chi connectivity index (χ0) is 45.0. The van der Waals surface area contributed by atoms with Gasteiger partial charge in [0, 0.05) is 33.5 Å². The van der Waals surface area contributed by atoms with Gasteiger partial charge in [0.2, 0.25) is 17.1 Å². The Bertz CT molecular complexity index is 4200. The number of nitrogens with zero attached hydrogens (tertiary/aromatic N) is 13. The van der Waals surface area contributed by atoms with Gasteiger partial charge in [0.15, 0.2) is 0 Å². The summed E-state index contributed by atoms with van der Waals surface area (Å²) in [5.74, 6) is 0. The van der Waals surface area contributed by atoms with Crippen molar-refractivity contribution in [3.05, 3.63) is 158 Å². The van der Waals surface area contributed by atoms with E-state index in [1.54, 1.807) is 42.6 Å². The zero-order valence-corrected chi connectivity index (χ0v) is 32.3. The van der Waals surface area contributed by atoms with Gasteiger partial charge in [0.1, 0.15) is 24.3 Å². The Kier molecular flexibility index (Phi) is 8.72. The highest BCUT2D eigenvalue weighted by atomic mass is 14.8. The van der Waals surface area contributed by atoms with E-state index < -0.39 is 50.3 Å². The van der Waals surface area contributed by atoms with E-state index in [4.69, 9.17) is 24.7 Å². The maximum absolute atomic E-state index is 11.4. The van der Waals surface area contributed by atoms with Crippen molar-refractivity contribution in [3.63, 3.8) is 0 Å². The van der Waals surface area contributed by atoms with Crippen molar-refractivity contribution in [3.8, 4) is 70.9 Å². The lowest BCUT2D eigenvalue weighted by molar-refractivity contribution is 1.37. The third kappa shape index (κ3) is 4.93. The second-order valence-electron chi connectivity index (χ2n) is 14.0. The Morgan fingerprint density at radius 2 is 0.844 bits per heavy atom. The van der Waals surface area contributed by atoms with Crippen molar-refractivity contribution in [2.24, 2.45) is 0 Å². The van der Waals surface area contributed by atoms with Crippen molar-refractivity contribution >= 4 is 82.0 Å². The van der Waals surface area contributed by atoms with Gasteiger partial charge in [-0.3, -0.25) is 4.98 Å². The van der Waals surface area contributed by atoms with Gasteiger partial charge in [-0.05, 0) is 55.4 Å². The lowest BCUT2D eigenvalue weighted by Gasteiger charge is -2.22. The fourth-order valence-electron chi connectivity index (χ4n) is 8.79. The standard InChI is InChI=1S/C51H13N13/c1-60-49-35(21-56)31(17-52)33(19-54)41-42-34(20-55)32(18-53)36(22-57)50(61-2)46(42)44-38(24-59)51(62-3)40(37(23-58)43(44)45(41)49)30-14-13-29(27-8-4-5-9-28(27)30)39-15-12-26-11-10-25-7-6-16-63-47(25)48(26)64-39/h4-16H. The van der Waals surface area contributed by atoms with Crippen molar-refractivity contribution in [1.29, 1.82) is 42.1 Å². The van der Waals surface area contributed by atoms with Gasteiger partial charge in [-0.25, -0.2) is 19.5 Å². The van der Waals surface area contributed by atoms with Crippen LogP contribution in [0.5, 0.6) is 0 Å². The minimum absolute atomic E-state index is 0.0667. The fraction of sp³-hybridized carbons (Fsp3) is 0. The van der Waals surface area contributed by atoms with Gasteiger partial charge in [0.05, 0.1) is 105 Å². The number of rotatable bonds is 2. The van der Waals surface area contributed by atoms with Gasteiger partial charge >= 0.3 is 0 Å². The number of hydrogen-bond acceptors (Lipinski definition) is 10. The molecule has 0 amide bonds. The molecule has 13 heteroatoms. The molecular formula is C51H13N13. The van der Waals surface area contributed by atoms with E-state index in [1.807, 2.05) is 72.8 Å². The van der Waals surface area contributed by atoms with Crippen LogP contribution in [-0.4, -0.2) is 9.97 Å². The first-order chi connectivity index (χ1) is 31.3. The van der Waals surface area contributed by atoms with Crippen LogP contribution in [0.4, 0.5) is 17.1 Å². The van der Waals surface area contributed by atoms with E-state index in [0.717, 1.165) is 10.8 Å². The van der Waals surface area contributed by atoms with Crippen LogP contribution < -0.4 is 0 Å². The Labute approximate surface area is 361 Å². The molecule has 0 saturated heterocycles. The summed E-state index contributed by atoms with van der Waals surface area (Å²) in [4.78, 5) is 20.7. The molecule has 9 aromatic rings. The molecule has 13 nitrogen and oxygen atoms in total. The average molecular weight is 808 g/mol. The number of nitriles is 8. The van der Waals surface area contributed by atoms with Crippen molar-refractivity contribution in [2.75, 3.05) is 0 Å². The summed E-state index contributed by atoms with van der Waals surface area (Å²) in [7, 11) is 0. The van der Waals surface area contributed by atoms with Crippen LogP contribution in [0.15, 0.2) is 79.0 Å². The Morgan fingerprint density at radius 3 is 1.36 bits per heavy atom. The van der Waals surface area contributed by atoms with Crippen LogP contribution in [0.1, 0.15) is 44.5 Å². The molecule has 0 radical (unpaired) electrons. The lowest BCUT2D eigenvalue weighted by atomic mass is 9.78. The predicted molar refractivity (Wildman–Crippen MR) is 234 cm³/mol. The van der Waals surface area contributed by atoms with E-state index in [9.17, 15) is 42.1 Å². The molecule has 0 bridgehead atoms. The van der Waals surface area contributed by atoms with Gasteiger partial charge in [0.25, 0.3) is 0 Å². The van der Waals surface area contributed by atoms with Crippen molar-refractivity contribution < 1.29 is 0 Å². The summed E-state index contributed by atoms with van der Waals surface area (Å²) in [6.07, 6.45) is 1.69. The molecular weight excluding hydrogens is 795 g/mol. The largest absolute Gasteiger partial charge is 0.254 e. The van der Waals surface area contributed by atoms with E-state index in [0.29, 0.717) is 38.6 Å². The minimum atomic E-state index is -0.557.